The maximum absolute atomic E-state index is 10.0. The van der Waals surface area contributed by atoms with Crippen molar-refractivity contribution >= 4 is 5.91 Å². The molecule has 0 aliphatic carbocycles. The van der Waals surface area contributed by atoms with Crippen LogP contribution in [0.25, 0.3) is 0 Å². The van der Waals surface area contributed by atoms with E-state index in [9.17, 15) is 9.70 Å². The zero-order valence-electron chi connectivity index (χ0n) is 5.36. The Hall–Kier alpha value is -1.45. The molecule has 4 nitrogen and oxygen atoms in total. The molecule has 0 saturated heterocycles. The first-order valence-electron chi connectivity index (χ1n) is 2.69. The standard InChI is InChI=1S/C6H8N2O2/c7-6(9)4-2-1-3-5-8-10/h1-4H,5H2,(H2,7,9)/b3-1+,4-2+. The van der Waals surface area contributed by atoms with Gasteiger partial charge in [0.05, 0.1) is 6.54 Å². The molecule has 1 amide bonds. The number of nitrogens with zero attached hydrogens (tertiary/aromatic N) is 1. The highest BCUT2D eigenvalue weighted by Gasteiger charge is 1.76. The first kappa shape index (κ1) is 8.55. The lowest BCUT2D eigenvalue weighted by Crippen LogP contribution is -2.04. The van der Waals surface area contributed by atoms with Gasteiger partial charge in [-0.15, -0.1) is 0 Å². The van der Waals surface area contributed by atoms with Crippen molar-refractivity contribution in [2.75, 3.05) is 6.54 Å². The van der Waals surface area contributed by atoms with Crippen molar-refractivity contribution in [3.05, 3.63) is 29.2 Å². The summed E-state index contributed by atoms with van der Waals surface area (Å²) in [4.78, 5) is 19.5. The second-order valence-electron chi connectivity index (χ2n) is 1.50. The van der Waals surface area contributed by atoms with E-state index in [0.717, 1.165) is 0 Å². The fourth-order valence-electron chi connectivity index (χ4n) is 0.333. The number of nitrogens with two attached hydrogens (primary N) is 1. The predicted octanol–water partition coefficient (Wildman–Crippen LogP) is 0.351. The summed E-state index contributed by atoms with van der Waals surface area (Å²) in [5.41, 5.74) is 4.76. The third-order valence-corrected chi connectivity index (χ3v) is 0.688. The van der Waals surface area contributed by atoms with Gasteiger partial charge in [0.2, 0.25) is 5.91 Å². The molecule has 54 valence electrons. The van der Waals surface area contributed by atoms with Crippen molar-refractivity contribution in [2.24, 2.45) is 10.9 Å². The van der Waals surface area contributed by atoms with E-state index in [1.807, 2.05) is 0 Å². The third kappa shape index (κ3) is 6.55. The number of carbonyl (C=O) groups excluding carboxylic acids is 1. The average molecular weight is 140 g/mol. The first-order valence-corrected chi connectivity index (χ1v) is 2.69. The fourth-order valence-corrected chi connectivity index (χ4v) is 0.333. The molecule has 0 aromatic rings. The largest absolute Gasteiger partial charge is 0.366 e. The summed E-state index contributed by atoms with van der Waals surface area (Å²) >= 11 is 0. The molecule has 0 aromatic carbocycles. The first-order chi connectivity index (χ1) is 4.77. The van der Waals surface area contributed by atoms with E-state index in [1.165, 1.54) is 24.3 Å². The second kappa shape index (κ2) is 5.68. The Balaban J connectivity index is 3.51. The van der Waals surface area contributed by atoms with Gasteiger partial charge in [-0.1, -0.05) is 23.4 Å². The number of nitroso groups, excluding NO2 is 1. The molecule has 0 atom stereocenters. The molecular formula is C6H8N2O2. The fraction of sp³-hybridized carbons (Fsp3) is 0.167. The van der Waals surface area contributed by atoms with E-state index >= 15 is 0 Å². The van der Waals surface area contributed by atoms with Gasteiger partial charge in [-0.25, -0.2) is 0 Å². The third-order valence-electron chi connectivity index (χ3n) is 0.688. The molecule has 0 aliphatic heterocycles. The van der Waals surface area contributed by atoms with Gasteiger partial charge in [0.25, 0.3) is 0 Å². The summed E-state index contributed by atoms with van der Waals surface area (Å²) in [5.74, 6) is -0.510. The molecule has 0 spiro atoms. The van der Waals surface area contributed by atoms with Gasteiger partial charge < -0.3 is 5.73 Å². The molecule has 2 N–H and O–H groups in total. The van der Waals surface area contributed by atoms with E-state index in [4.69, 9.17) is 5.73 Å². The van der Waals surface area contributed by atoms with Crippen molar-refractivity contribution in [3.8, 4) is 0 Å². The Bertz CT molecular complexity index is 173. The van der Waals surface area contributed by atoms with Gasteiger partial charge in [0.15, 0.2) is 0 Å². The molecule has 0 unspecified atom stereocenters. The lowest BCUT2D eigenvalue weighted by Gasteiger charge is -1.75. The van der Waals surface area contributed by atoms with E-state index in [-0.39, 0.29) is 6.54 Å². The number of carbonyl (C=O) groups is 1. The van der Waals surface area contributed by atoms with Crippen LogP contribution in [0.15, 0.2) is 29.5 Å². The molecule has 0 aromatic heterocycles. The molecule has 0 saturated carbocycles. The summed E-state index contributed by atoms with van der Waals surface area (Å²) in [5, 5.41) is 2.57. The minimum Gasteiger partial charge on any atom is -0.366 e. The Labute approximate surface area is 58.4 Å². The molecule has 0 aliphatic rings. The van der Waals surface area contributed by atoms with E-state index < -0.39 is 5.91 Å². The summed E-state index contributed by atoms with van der Waals surface area (Å²) in [6, 6.07) is 0. The molecular weight excluding hydrogens is 132 g/mol. The van der Waals surface area contributed by atoms with Crippen LogP contribution in [-0.2, 0) is 4.79 Å². The van der Waals surface area contributed by atoms with Crippen molar-refractivity contribution in [2.45, 2.75) is 0 Å². The van der Waals surface area contributed by atoms with Crippen LogP contribution in [0.3, 0.4) is 0 Å². The van der Waals surface area contributed by atoms with Gasteiger partial charge in [-0.05, 0) is 0 Å². The van der Waals surface area contributed by atoms with Crippen LogP contribution >= 0.6 is 0 Å². The van der Waals surface area contributed by atoms with Crippen LogP contribution in [0.5, 0.6) is 0 Å². The van der Waals surface area contributed by atoms with Crippen LogP contribution < -0.4 is 5.73 Å². The normalized spacial score (nSPS) is 10.8. The van der Waals surface area contributed by atoms with Crippen LogP contribution in [0.2, 0.25) is 0 Å². The van der Waals surface area contributed by atoms with E-state index in [0.29, 0.717) is 0 Å². The monoisotopic (exact) mass is 140 g/mol. The van der Waals surface area contributed by atoms with E-state index in [2.05, 4.69) is 5.18 Å². The molecule has 10 heavy (non-hydrogen) atoms. The van der Waals surface area contributed by atoms with Gasteiger partial charge in [-0.3, -0.25) is 4.79 Å². The molecule has 0 rings (SSSR count). The average Bonchev–Trinajstić information content (AvgIpc) is 1.87. The van der Waals surface area contributed by atoms with Gasteiger partial charge in [-0.2, -0.15) is 4.91 Å². The van der Waals surface area contributed by atoms with Crippen LogP contribution in [0.1, 0.15) is 0 Å². The van der Waals surface area contributed by atoms with Crippen LogP contribution in [0, 0.1) is 4.91 Å². The second-order valence-corrected chi connectivity index (χ2v) is 1.50. The predicted molar refractivity (Wildman–Crippen MR) is 38.1 cm³/mol. The van der Waals surface area contributed by atoms with E-state index in [1.54, 1.807) is 0 Å². The van der Waals surface area contributed by atoms with Gasteiger partial charge >= 0.3 is 0 Å². The lowest BCUT2D eigenvalue weighted by molar-refractivity contribution is -0.113. The number of amides is 1. The zero-order valence-corrected chi connectivity index (χ0v) is 5.36. The van der Waals surface area contributed by atoms with Crippen LogP contribution in [-0.4, -0.2) is 12.5 Å². The number of allylic oxidation sites excluding steroid dienone is 2. The topological polar surface area (TPSA) is 72.5 Å². The molecule has 4 heteroatoms. The Morgan fingerprint density at radius 3 is 2.70 bits per heavy atom. The molecule has 0 heterocycles. The van der Waals surface area contributed by atoms with Crippen molar-refractivity contribution in [1.29, 1.82) is 0 Å². The SMILES string of the molecule is NC(=O)/C=C/C=C/CN=O. The van der Waals surface area contributed by atoms with Crippen molar-refractivity contribution in [1.82, 2.24) is 0 Å². The molecule has 0 bridgehead atoms. The summed E-state index contributed by atoms with van der Waals surface area (Å²) in [6.45, 7) is 0.114. The lowest BCUT2D eigenvalue weighted by atomic mass is 10.4. The number of rotatable bonds is 4. The zero-order chi connectivity index (χ0) is 7.82. The summed E-state index contributed by atoms with van der Waals surface area (Å²) in [7, 11) is 0. The highest BCUT2D eigenvalue weighted by molar-refractivity contribution is 5.85. The number of primary amides is 1. The van der Waals surface area contributed by atoms with Crippen LogP contribution in [0.4, 0.5) is 0 Å². The highest BCUT2D eigenvalue weighted by atomic mass is 16.3. The Kier molecular flexibility index (Phi) is 4.86. The summed E-state index contributed by atoms with van der Waals surface area (Å²) in [6.07, 6.45) is 5.70. The van der Waals surface area contributed by atoms with Crippen molar-refractivity contribution < 1.29 is 4.79 Å². The maximum Gasteiger partial charge on any atom is 0.241 e. The minimum atomic E-state index is -0.510. The minimum absolute atomic E-state index is 0.114. The van der Waals surface area contributed by atoms with Crippen molar-refractivity contribution in [3.63, 3.8) is 0 Å². The molecule has 0 radical (unpaired) electrons. The Morgan fingerprint density at radius 2 is 2.20 bits per heavy atom. The molecule has 0 fully saturated rings. The number of hydrogen-bond acceptors (Lipinski definition) is 3. The quantitative estimate of drug-likeness (QED) is 0.347. The smallest absolute Gasteiger partial charge is 0.241 e. The highest BCUT2D eigenvalue weighted by Crippen LogP contribution is 1.77. The van der Waals surface area contributed by atoms with Gasteiger partial charge in [0, 0.05) is 6.08 Å². The summed E-state index contributed by atoms with van der Waals surface area (Å²) < 4.78 is 0. The van der Waals surface area contributed by atoms with Gasteiger partial charge in [0.1, 0.15) is 0 Å². The maximum atomic E-state index is 10.0. The number of hydrogen-bond donors (Lipinski definition) is 1. The Morgan fingerprint density at radius 1 is 1.50 bits per heavy atom.